The van der Waals surface area contributed by atoms with Gasteiger partial charge in [-0.2, -0.15) is 0 Å². The highest BCUT2D eigenvalue weighted by atomic mass is 35.5. The van der Waals surface area contributed by atoms with E-state index in [9.17, 15) is 9.59 Å². The highest BCUT2D eigenvalue weighted by molar-refractivity contribution is 7.16. The first-order valence-corrected chi connectivity index (χ1v) is 19.4. The molecule has 0 saturated carbocycles. The first-order chi connectivity index (χ1) is 25.5. The molecule has 0 aliphatic carbocycles. The van der Waals surface area contributed by atoms with Gasteiger partial charge >= 0.3 is 0 Å². The fourth-order valence-corrected chi connectivity index (χ4v) is 8.14. The monoisotopic (exact) mass is 774 g/mol. The molecule has 0 saturated heterocycles. The number of benzene rings is 2. The number of anilines is 2. The first kappa shape index (κ1) is 38.3. The van der Waals surface area contributed by atoms with Crippen LogP contribution in [-0.4, -0.2) is 76.8 Å². The van der Waals surface area contributed by atoms with Gasteiger partial charge in [0.15, 0.2) is 11.0 Å². The number of hydrogen-bond donors (Lipinski definition) is 3. The van der Waals surface area contributed by atoms with Crippen molar-refractivity contribution in [2.45, 2.75) is 54.0 Å². The predicted molar refractivity (Wildman–Crippen MR) is 212 cm³/mol. The molecule has 12 nitrogen and oxygen atoms in total. The standard InChI is InChI=1S/C38H43ClN8O4S2/c1-21-24(4)52-37-33(21)34(27-10-12-28(39)13-11-27)43-31(35-46-45-26(6)47(35)37)20-32(48)41-15-17-51-19-18-50-16-14-40-30-9-7-8-29(22(30)2)36(49)44-38-42-23(3)25(5)53-38/h7-13,31,40H,14-20H2,1-6H3,(H,41,48)(H,42,44,49)/t31-/m0/s1. The van der Waals surface area contributed by atoms with Crippen molar-refractivity contribution in [2.24, 2.45) is 4.99 Å². The van der Waals surface area contributed by atoms with Crippen LogP contribution in [0, 0.1) is 41.5 Å². The number of thiazole rings is 1. The van der Waals surface area contributed by atoms with Gasteiger partial charge in [0.2, 0.25) is 5.91 Å². The zero-order valence-corrected chi connectivity index (χ0v) is 33.0. The molecule has 2 aromatic carbocycles. The number of nitrogens with zero attached hydrogens (tertiary/aromatic N) is 5. The van der Waals surface area contributed by atoms with Crippen LogP contribution in [-0.2, 0) is 14.3 Å². The highest BCUT2D eigenvalue weighted by Gasteiger charge is 2.32. The van der Waals surface area contributed by atoms with E-state index in [1.807, 2.05) is 68.7 Å². The Kier molecular flexibility index (Phi) is 12.4. The number of carbonyl (C=O) groups is 2. The van der Waals surface area contributed by atoms with Crippen LogP contribution < -0.4 is 16.0 Å². The smallest absolute Gasteiger partial charge is 0.257 e. The van der Waals surface area contributed by atoms with Crippen LogP contribution >= 0.6 is 34.3 Å². The van der Waals surface area contributed by atoms with Crippen LogP contribution in [0.25, 0.3) is 5.00 Å². The number of hydrogen-bond acceptors (Lipinski definition) is 11. The molecule has 1 atom stereocenters. The van der Waals surface area contributed by atoms with Gasteiger partial charge in [0, 0.05) is 50.2 Å². The number of nitrogens with one attached hydrogen (secondary N) is 3. The zero-order chi connectivity index (χ0) is 37.6. The molecule has 3 aromatic heterocycles. The molecule has 3 N–H and O–H groups in total. The number of carbonyl (C=O) groups excluding carboxylic acids is 2. The fourth-order valence-electron chi connectivity index (χ4n) is 5.99. The van der Waals surface area contributed by atoms with Crippen molar-refractivity contribution < 1.29 is 19.1 Å². The molecular weight excluding hydrogens is 732 g/mol. The molecule has 0 fully saturated rings. The van der Waals surface area contributed by atoms with E-state index in [1.54, 1.807) is 17.4 Å². The summed E-state index contributed by atoms with van der Waals surface area (Å²) in [5, 5.41) is 20.3. The summed E-state index contributed by atoms with van der Waals surface area (Å²) in [4.78, 5) is 37.9. The molecule has 0 radical (unpaired) electrons. The predicted octanol–water partition coefficient (Wildman–Crippen LogP) is 7.09. The lowest BCUT2D eigenvalue weighted by Crippen LogP contribution is -2.29. The van der Waals surface area contributed by atoms with E-state index in [0.29, 0.717) is 61.1 Å². The van der Waals surface area contributed by atoms with Crippen LogP contribution in [0.5, 0.6) is 0 Å². The maximum Gasteiger partial charge on any atom is 0.257 e. The third-order valence-electron chi connectivity index (χ3n) is 9.07. The molecule has 1 aliphatic heterocycles. The Balaban J connectivity index is 0.941. The maximum absolute atomic E-state index is 13.2. The minimum absolute atomic E-state index is 0.108. The second-order valence-corrected chi connectivity index (χ2v) is 15.5. The van der Waals surface area contributed by atoms with Gasteiger partial charge in [-0.25, -0.2) is 4.98 Å². The number of fused-ring (bicyclic) bond motifs is 3. The molecule has 0 unspecified atom stereocenters. The maximum atomic E-state index is 13.2. The number of amides is 2. The van der Waals surface area contributed by atoms with Gasteiger partial charge in [0.1, 0.15) is 16.9 Å². The number of aliphatic imine (C=N–C) groups is 1. The Morgan fingerprint density at radius 3 is 2.32 bits per heavy atom. The van der Waals surface area contributed by atoms with E-state index < -0.39 is 6.04 Å². The quantitative estimate of drug-likeness (QED) is 0.0958. The Labute approximate surface area is 322 Å². The number of aromatic nitrogens is 4. The molecule has 15 heteroatoms. The van der Waals surface area contributed by atoms with Gasteiger partial charge in [0.05, 0.1) is 44.3 Å². The average molecular weight is 775 g/mol. The van der Waals surface area contributed by atoms with Gasteiger partial charge in [0.25, 0.3) is 5.91 Å². The molecule has 1 aliphatic rings. The molecule has 6 rings (SSSR count). The molecule has 2 amide bonds. The topological polar surface area (TPSA) is 145 Å². The summed E-state index contributed by atoms with van der Waals surface area (Å²) in [6.07, 6.45) is 0.108. The van der Waals surface area contributed by atoms with Gasteiger partial charge < -0.3 is 20.1 Å². The summed E-state index contributed by atoms with van der Waals surface area (Å²) in [6.45, 7) is 14.5. The second kappa shape index (κ2) is 17.1. The zero-order valence-electron chi connectivity index (χ0n) is 30.6. The molecule has 278 valence electrons. The van der Waals surface area contributed by atoms with E-state index in [4.69, 9.17) is 26.1 Å². The Hall–Kier alpha value is -4.47. The molecule has 4 heterocycles. The van der Waals surface area contributed by atoms with Crippen LogP contribution in [0.4, 0.5) is 10.8 Å². The van der Waals surface area contributed by atoms with E-state index in [0.717, 1.165) is 55.0 Å². The van der Waals surface area contributed by atoms with Crippen molar-refractivity contribution in [1.29, 1.82) is 0 Å². The van der Waals surface area contributed by atoms with Crippen molar-refractivity contribution in [1.82, 2.24) is 25.1 Å². The second-order valence-electron chi connectivity index (χ2n) is 12.7. The number of halogens is 1. The van der Waals surface area contributed by atoms with E-state index in [2.05, 4.69) is 45.0 Å². The molecule has 5 aromatic rings. The fraction of sp³-hybridized carbons (Fsp3) is 0.368. The van der Waals surface area contributed by atoms with Crippen molar-refractivity contribution in [3.8, 4) is 5.00 Å². The summed E-state index contributed by atoms with van der Waals surface area (Å²) in [6, 6.07) is 12.7. The highest BCUT2D eigenvalue weighted by Crippen LogP contribution is 2.39. The summed E-state index contributed by atoms with van der Waals surface area (Å²) >= 11 is 9.35. The van der Waals surface area contributed by atoms with Gasteiger partial charge in [-0.1, -0.05) is 29.8 Å². The van der Waals surface area contributed by atoms with Crippen LogP contribution in [0.3, 0.4) is 0 Å². The summed E-state index contributed by atoms with van der Waals surface area (Å²) in [5.74, 6) is 1.04. The Morgan fingerprint density at radius 1 is 0.868 bits per heavy atom. The van der Waals surface area contributed by atoms with E-state index >= 15 is 0 Å². The number of thiophene rings is 1. The lowest BCUT2D eigenvalue weighted by Gasteiger charge is -2.14. The lowest BCUT2D eigenvalue weighted by molar-refractivity contribution is -0.121. The van der Waals surface area contributed by atoms with Crippen LogP contribution in [0.1, 0.15) is 72.2 Å². The third-order valence-corrected chi connectivity index (χ3v) is 11.5. The number of aryl methyl sites for hydroxylation is 4. The lowest BCUT2D eigenvalue weighted by atomic mass is 9.99. The minimum Gasteiger partial charge on any atom is -0.382 e. The van der Waals surface area contributed by atoms with Gasteiger partial charge in [-0.05, 0) is 76.9 Å². The summed E-state index contributed by atoms with van der Waals surface area (Å²) in [7, 11) is 0. The average Bonchev–Trinajstić information content (AvgIpc) is 3.73. The van der Waals surface area contributed by atoms with Gasteiger partial charge in [-0.3, -0.25) is 24.5 Å². The van der Waals surface area contributed by atoms with Crippen molar-refractivity contribution >= 4 is 62.6 Å². The van der Waals surface area contributed by atoms with Gasteiger partial charge in [-0.15, -0.1) is 32.9 Å². The third kappa shape index (κ3) is 8.85. The van der Waals surface area contributed by atoms with Crippen molar-refractivity contribution in [3.63, 3.8) is 0 Å². The number of ether oxygens (including phenoxy) is 2. The summed E-state index contributed by atoms with van der Waals surface area (Å²) < 4.78 is 13.5. The van der Waals surface area contributed by atoms with E-state index in [1.165, 1.54) is 16.2 Å². The SMILES string of the molecule is Cc1nc(NC(=O)c2cccc(NCCOCCOCCNC(=O)C[C@@H]3N=C(c4ccc(Cl)cc4)c4c(sc(C)c4C)-n4c(C)nnc43)c2C)sc1C. The number of rotatable bonds is 15. The van der Waals surface area contributed by atoms with Crippen LogP contribution in [0.15, 0.2) is 47.5 Å². The normalized spacial score (nSPS) is 13.6. The molecule has 53 heavy (non-hydrogen) atoms. The Morgan fingerprint density at radius 2 is 1.60 bits per heavy atom. The molecule has 0 bridgehead atoms. The largest absolute Gasteiger partial charge is 0.382 e. The minimum atomic E-state index is -0.537. The van der Waals surface area contributed by atoms with Crippen molar-refractivity contribution in [3.05, 3.63) is 102 Å². The summed E-state index contributed by atoms with van der Waals surface area (Å²) in [5.41, 5.74) is 7.12. The molecule has 0 spiro atoms. The van der Waals surface area contributed by atoms with Crippen LogP contribution in [0.2, 0.25) is 5.02 Å². The Bertz CT molecular complexity index is 2120. The first-order valence-electron chi connectivity index (χ1n) is 17.4. The molecular formula is C38H43ClN8O4S2. The van der Waals surface area contributed by atoms with Crippen molar-refractivity contribution in [2.75, 3.05) is 50.2 Å². The van der Waals surface area contributed by atoms with E-state index in [-0.39, 0.29) is 18.2 Å².